The summed E-state index contributed by atoms with van der Waals surface area (Å²) in [5, 5.41) is 8.32. The van der Waals surface area contributed by atoms with Crippen molar-refractivity contribution in [1.29, 1.82) is 0 Å². The maximum atomic E-state index is 12.3. The lowest BCUT2D eigenvalue weighted by Crippen LogP contribution is -2.34. The lowest BCUT2D eigenvalue weighted by Gasteiger charge is -2.09. The standard InChI is InChI=1S/C21H21N5O2/c22-18-5-1-2-6-19(18)26-20(27)17-9-7-15(8-10-17)13-24-21(28)25-14-16-4-3-11-23-12-16/h1-12H,13-14,22H2,(H,26,27)(H2,24,25,28). The van der Waals surface area contributed by atoms with Crippen LogP contribution in [0, 0.1) is 0 Å². The van der Waals surface area contributed by atoms with E-state index in [4.69, 9.17) is 5.73 Å². The number of urea groups is 1. The van der Waals surface area contributed by atoms with E-state index in [1.165, 1.54) is 0 Å². The zero-order valence-corrected chi connectivity index (χ0v) is 15.2. The third kappa shape index (κ3) is 5.31. The van der Waals surface area contributed by atoms with Crippen molar-refractivity contribution in [2.75, 3.05) is 11.1 Å². The number of pyridine rings is 1. The van der Waals surface area contributed by atoms with Gasteiger partial charge in [-0.2, -0.15) is 0 Å². The second kappa shape index (κ2) is 9.18. The first-order valence-corrected chi connectivity index (χ1v) is 8.77. The second-order valence-corrected chi connectivity index (χ2v) is 6.14. The number of carbonyl (C=O) groups excluding carboxylic acids is 2. The number of nitrogen functional groups attached to an aromatic ring is 1. The topological polar surface area (TPSA) is 109 Å². The Morgan fingerprint density at radius 1 is 0.857 bits per heavy atom. The van der Waals surface area contributed by atoms with E-state index in [1.807, 2.05) is 12.1 Å². The average molecular weight is 375 g/mol. The number of hydrogen-bond donors (Lipinski definition) is 4. The fraction of sp³-hybridized carbons (Fsp3) is 0.0952. The van der Waals surface area contributed by atoms with Gasteiger partial charge in [0.25, 0.3) is 5.91 Å². The van der Waals surface area contributed by atoms with Gasteiger partial charge in [-0.25, -0.2) is 4.79 Å². The number of hydrogen-bond acceptors (Lipinski definition) is 4. The minimum Gasteiger partial charge on any atom is -0.397 e. The number of amides is 3. The van der Waals surface area contributed by atoms with Crippen molar-refractivity contribution in [2.24, 2.45) is 0 Å². The predicted octanol–water partition coefficient (Wildman–Crippen LogP) is 2.92. The Kier molecular flexibility index (Phi) is 6.20. The highest BCUT2D eigenvalue weighted by Crippen LogP contribution is 2.18. The summed E-state index contributed by atoms with van der Waals surface area (Å²) in [5.74, 6) is -0.244. The van der Waals surface area contributed by atoms with Crippen LogP contribution in [0.3, 0.4) is 0 Å². The van der Waals surface area contributed by atoms with Crippen LogP contribution in [0.5, 0.6) is 0 Å². The number of para-hydroxylation sites is 2. The number of benzene rings is 2. The molecule has 7 heteroatoms. The summed E-state index contributed by atoms with van der Waals surface area (Å²) in [6, 6.07) is 17.5. The van der Waals surface area contributed by atoms with Crippen LogP contribution in [0.25, 0.3) is 0 Å². The van der Waals surface area contributed by atoms with Gasteiger partial charge in [-0.1, -0.05) is 30.3 Å². The third-order valence-corrected chi connectivity index (χ3v) is 4.05. The van der Waals surface area contributed by atoms with Crippen molar-refractivity contribution in [3.05, 3.63) is 89.7 Å². The molecule has 7 nitrogen and oxygen atoms in total. The van der Waals surface area contributed by atoms with Crippen LogP contribution in [0.4, 0.5) is 16.2 Å². The van der Waals surface area contributed by atoms with E-state index in [0.29, 0.717) is 30.0 Å². The first-order chi connectivity index (χ1) is 13.6. The quantitative estimate of drug-likeness (QED) is 0.497. The van der Waals surface area contributed by atoms with Crippen molar-refractivity contribution in [3.8, 4) is 0 Å². The van der Waals surface area contributed by atoms with E-state index in [9.17, 15) is 9.59 Å². The molecule has 0 fully saturated rings. The number of nitrogens with zero attached hydrogens (tertiary/aromatic N) is 1. The SMILES string of the molecule is Nc1ccccc1NC(=O)c1ccc(CNC(=O)NCc2cccnc2)cc1. The highest BCUT2D eigenvalue weighted by Gasteiger charge is 2.08. The monoisotopic (exact) mass is 375 g/mol. The Morgan fingerprint density at radius 3 is 2.25 bits per heavy atom. The largest absolute Gasteiger partial charge is 0.397 e. The van der Waals surface area contributed by atoms with Crippen LogP contribution in [0.1, 0.15) is 21.5 Å². The summed E-state index contributed by atoms with van der Waals surface area (Å²) in [7, 11) is 0. The number of rotatable bonds is 6. The highest BCUT2D eigenvalue weighted by molar-refractivity contribution is 6.05. The van der Waals surface area contributed by atoms with E-state index in [1.54, 1.807) is 60.9 Å². The Hall–Kier alpha value is -3.87. The normalized spacial score (nSPS) is 10.1. The average Bonchev–Trinajstić information content (AvgIpc) is 2.73. The molecule has 3 amide bonds. The van der Waals surface area contributed by atoms with Gasteiger partial charge in [0.2, 0.25) is 0 Å². The van der Waals surface area contributed by atoms with Crippen LogP contribution in [0.2, 0.25) is 0 Å². The molecule has 142 valence electrons. The summed E-state index contributed by atoms with van der Waals surface area (Å²) in [6.07, 6.45) is 3.38. The first-order valence-electron chi connectivity index (χ1n) is 8.77. The number of nitrogens with one attached hydrogen (secondary N) is 3. The van der Waals surface area contributed by atoms with Crippen LogP contribution >= 0.6 is 0 Å². The fourth-order valence-corrected chi connectivity index (χ4v) is 2.51. The maximum Gasteiger partial charge on any atom is 0.315 e. The van der Waals surface area contributed by atoms with E-state index in [2.05, 4.69) is 20.9 Å². The molecule has 1 heterocycles. The smallest absolute Gasteiger partial charge is 0.315 e. The molecule has 0 bridgehead atoms. The van der Waals surface area contributed by atoms with Crippen LogP contribution in [-0.4, -0.2) is 16.9 Å². The molecule has 3 rings (SSSR count). The van der Waals surface area contributed by atoms with Crippen molar-refractivity contribution < 1.29 is 9.59 Å². The number of carbonyl (C=O) groups is 2. The van der Waals surface area contributed by atoms with Crippen LogP contribution in [0.15, 0.2) is 73.1 Å². The van der Waals surface area contributed by atoms with Gasteiger partial charge in [-0.05, 0) is 41.5 Å². The first kappa shape index (κ1) is 18.9. The molecule has 2 aromatic carbocycles. The lowest BCUT2D eigenvalue weighted by molar-refractivity contribution is 0.102. The molecule has 0 aliphatic carbocycles. The van der Waals surface area contributed by atoms with E-state index >= 15 is 0 Å². The molecule has 0 unspecified atom stereocenters. The van der Waals surface area contributed by atoms with Gasteiger partial charge in [-0.3, -0.25) is 9.78 Å². The molecule has 0 spiro atoms. The Morgan fingerprint density at radius 2 is 1.57 bits per heavy atom. The Labute approximate surface area is 163 Å². The van der Waals surface area contributed by atoms with Crippen molar-refractivity contribution in [1.82, 2.24) is 15.6 Å². The molecule has 0 aliphatic heterocycles. The Balaban J connectivity index is 1.48. The lowest BCUT2D eigenvalue weighted by atomic mass is 10.1. The molecule has 0 radical (unpaired) electrons. The molecular weight excluding hydrogens is 354 g/mol. The molecule has 3 aromatic rings. The van der Waals surface area contributed by atoms with Gasteiger partial charge in [0.1, 0.15) is 0 Å². The highest BCUT2D eigenvalue weighted by atomic mass is 16.2. The third-order valence-electron chi connectivity index (χ3n) is 4.05. The number of aromatic nitrogens is 1. The minimum absolute atomic E-state index is 0.244. The van der Waals surface area contributed by atoms with Crippen molar-refractivity contribution in [3.63, 3.8) is 0 Å². The molecule has 28 heavy (non-hydrogen) atoms. The summed E-state index contributed by atoms with van der Waals surface area (Å²) in [6.45, 7) is 0.758. The van der Waals surface area contributed by atoms with Gasteiger partial charge in [0, 0.05) is 31.0 Å². The van der Waals surface area contributed by atoms with Gasteiger partial charge in [0.15, 0.2) is 0 Å². The minimum atomic E-state index is -0.273. The maximum absolute atomic E-state index is 12.3. The molecule has 5 N–H and O–H groups in total. The van der Waals surface area contributed by atoms with Gasteiger partial charge in [0.05, 0.1) is 11.4 Å². The molecule has 0 aliphatic rings. The van der Waals surface area contributed by atoms with Gasteiger partial charge in [-0.15, -0.1) is 0 Å². The van der Waals surface area contributed by atoms with Crippen molar-refractivity contribution >= 4 is 23.3 Å². The zero-order valence-electron chi connectivity index (χ0n) is 15.2. The van der Waals surface area contributed by atoms with E-state index in [0.717, 1.165) is 11.1 Å². The molecule has 0 saturated carbocycles. The van der Waals surface area contributed by atoms with Crippen molar-refractivity contribution in [2.45, 2.75) is 13.1 Å². The van der Waals surface area contributed by atoms with E-state index < -0.39 is 0 Å². The van der Waals surface area contributed by atoms with Gasteiger partial charge < -0.3 is 21.7 Å². The second-order valence-electron chi connectivity index (χ2n) is 6.14. The zero-order chi connectivity index (χ0) is 19.8. The predicted molar refractivity (Wildman–Crippen MR) is 109 cm³/mol. The summed E-state index contributed by atoms with van der Waals surface area (Å²) in [5.41, 5.74) is 9.23. The van der Waals surface area contributed by atoms with Crippen LogP contribution in [-0.2, 0) is 13.1 Å². The molecule has 1 aromatic heterocycles. The molecule has 0 atom stereocenters. The Bertz CT molecular complexity index is 943. The summed E-state index contributed by atoms with van der Waals surface area (Å²) < 4.78 is 0. The van der Waals surface area contributed by atoms with E-state index in [-0.39, 0.29) is 11.9 Å². The van der Waals surface area contributed by atoms with Gasteiger partial charge >= 0.3 is 6.03 Å². The van der Waals surface area contributed by atoms with Crippen LogP contribution < -0.4 is 21.7 Å². The number of anilines is 2. The number of nitrogens with two attached hydrogens (primary N) is 1. The molecular formula is C21H21N5O2. The summed E-state index contributed by atoms with van der Waals surface area (Å²) >= 11 is 0. The molecule has 0 saturated heterocycles. The fourth-order valence-electron chi connectivity index (χ4n) is 2.51. The summed E-state index contributed by atoms with van der Waals surface area (Å²) in [4.78, 5) is 28.2.